The van der Waals surface area contributed by atoms with E-state index in [1.165, 1.54) is 0 Å². The number of benzene rings is 2. The zero-order valence-electron chi connectivity index (χ0n) is 12.9. The first-order valence-corrected chi connectivity index (χ1v) is 7.43. The summed E-state index contributed by atoms with van der Waals surface area (Å²) in [6, 6.07) is 8.31. The zero-order chi connectivity index (χ0) is 18.0. The molecule has 0 radical (unpaired) electrons. The lowest BCUT2D eigenvalue weighted by atomic mass is 10.1. The van der Waals surface area contributed by atoms with Crippen molar-refractivity contribution >= 4 is 29.1 Å². The first kappa shape index (κ1) is 16.6. The van der Waals surface area contributed by atoms with E-state index in [2.05, 4.69) is 10.7 Å². The van der Waals surface area contributed by atoms with Crippen LogP contribution in [0.2, 0.25) is 0 Å². The molecule has 1 aliphatic rings. The number of amides is 3. The molecule has 25 heavy (non-hydrogen) atoms. The summed E-state index contributed by atoms with van der Waals surface area (Å²) in [5.41, 5.74) is 2.89. The highest BCUT2D eigenvalue weighted by Crippen LogP contribution is 2.24. The number of nitrogens with one attached hydrogen (secondary N) is 2. The third-order valence-electron chi connectivity index (χ3n) is 3.69. The van der Waals surface area contributed by atoms with Gasteiger partial charge in [0.2, 0.25) is 5.78 Å². The van der Waals surface area contributed by atoms with E-state index in [0.717, 1.165) is 23.2 Å². The van der Waals surface area contributed by atoms with Crippen molar-refractivity contribution in [1.29, 1.82) is 0 Å². The molecule has 0 bridgehead atoms. The molecule has 2 aromatic carbocycles. The molecular formula is C17H13F2N3O3. The van der Waals surface area contributed by atoms with E-state index in [-0.39, 0.29) is 12.1 Å². The number of Topliss-reactive ketones (excluding diaryl/α,β-unsaturated/α-hetero) is 1. The maximum absolute atomic E-state index is 13.6. The summed E-state index contributed by atoms with van der Waals surface area (Å²) in [5.74, 6) is -3.13. The van der Waals surface area contributed by atoms with Crippen LogP contribution in [0.5, 0.6) is 0 Å². The minimum Gasteiger partial charge on any atom is -0.304 e. The highest BCUT2D eigenvalue weighted by atomic mass is 19.1. The number of rotatable bonds is 2. The predicted octanol–water partition coefficient (Wildman–Crippen LogP) is 2.55. The van der Waals surface area contributed by atoms with E-state index in [1.807, 2.05) is 0 Å². The molecule has 0 saturated carbocycles. The highest BCUT2D eigenvalue weighted by molar-refractivity contribution is 6.42. The van der Waals surface area contributed by atoms with Gasteiger partial charge in [-0.2, -0.15) is 0 Å². The van der Waals surface area contributed by atoms with Crippen molar-refractivity contribution in [2.45, 2.75) is 12.8 Å². The Kier molecular flexibility index (Phi) is 4.42. The Bertz CT molecular complexity index is 870. The summed E-state index contributed by atoms with van der Waals surface area (Å²) in [6.07, 6.45) is 0.382. The molecule has 0 aromatic heterocycles. The van der Waals surface area contributed by atoms with Crippen molar-refractivity contribution in [3.05, 3.63) is 59.7 Å². The lowest BCUT2D eigenvalue weighted by Gasteiger charge is -2.23. The van der Waals surface area contributed by atoms with Gasteiger partial charge in [-0.25, -0.2) is 24.0 Å². The fraction of sp³-hybridized carbons (Fsp3) is 0.118. The van der Waals surface area contributed by atoms with Gasteiger partial charge in [-0.1, -0.05) is 18.2 Å². The maximum atomic E-state index is 13.6. The minimum absolute atomic E-state index is 0.0220. The first-order valence-electron chi connectivity index (χ1n) is 7.43. The third-order valence-corrected chi connectivity index (χ3v) is 3.69. The van der Waals surface area contributed by atoms with Gasteiger partial charge in [0.05, 0.1) is 11.4 Å². The summed E-state index contributed by atoms with van der Waals surface area (Å²) in [5, 5.41) is 2.93. The molecule has 0 fully saturated rings. The normalized spacial score (nSPS) is 13.9. The van der Waals surface area contributed by atoms with Crippen LogP contribution in [-0.4, -0.2) is 17.7 Å². The van der Waals surface area contributed by atoms with Gasteiger partial charge in [0, 0.05) is 12.5 Å². The lowest BCUT2D eigenvalue weighted by molar-refractivity contribution is -0.136. The van der Waals surface area contributed by atoms with Crippen LogP contribution in [0, 0.1) is 11.6 Å². The van der Waals surface area contributed by atoms with Crippen LogP contribution in [0.15, 0.2) is 42.5 Å². The third kappa shape index (κ3) is 3.47. The zero-order valence-corrected chi connectivity index (χ0v) is 12.9. The molecule has 0 unspecified atom stereocenters. The summed E-state index contributed by atoms with van der Waals surface area (Å²) < 4.78 is 26.8. The van der Waals surface area contributed by atoms with Crippen LogP contribution < -0.4 is 15.8 Å². The molecule has 1 heterocycles. The van der Waals surface area contributed by atoms with Crippen molar-refractivity contribution in [2.75, 3.05) is 10.3 Å². The average molecular weight is 345 g/mol. The van der Waals surface area contributed by atoms with E-state index >= 15 is 0 Å². The average Bonchev–Trinajstić information content (AvgIpc) is 2.71. The number of aryl methyl sites for hydroxylation is 1. The maximum Gasteiger partial charge on any atom is 0.338 e. The molecule has 1 aliphatic heterocycles. The second-order valence-electron chi connectivity index (χ2n) is 5.38. The van der Waals surface area contributed by atoms with Gasteiger partial charge in [0.1, 0.15) is 11.6 Å². The number of carbonyl (C=O) groups excluding carboxylic acids is 3. The van der Waals surface area contributed by atoms with Gasteiger partial charge in [-0.05, 0) is 30.2 Å². The first-order chi connectivity index (χ1) is 12.0. The number of ketones is 1. The molecule has 0 aliphatic carbocycles. The molecule has 2 aromatic rings. The molecule has 0 spiro atoms. The number of halogens is 2. The van der Waals surface area contributed by atoms with E-state index in [1.54, 1.807) is 24.3 Å². The van der Waals surface area contributed by atoms with Crippen molar-refractivity contribution < 1.29 is 23.2 Å². The van der Waals surface area contributed by atoms with Gasteiger partial charge in [-0.3, -0.25) is 9.59 Å². The fourth-order valence-corrected chi connectivity index (χ4v) is 2.49. The van der Waals surface area contributed by atoms with Gasteiger partial charge < -0.3 is 5.32 Å². The number of hydrogen-bond donors (Lipinski definition) is 2. The molecule has 128 valence electrons. The predicted molar refractivity (Wildman–Crippen MR) is 85.8 cm³/mol. The van der Waals surface area contributed by atoms with Crippen LogP contribution in [0.25, 0.3) is 0 Å². The van der Waals surface area contributed by atoms with Gasteiger partial charge in [0.25, 0.3) is 0 Å². The molecule has 3 rings (SSSR count). The molecule has 0 atom stereocenters. The highest BCUT2D eigenvalue weighted by Gasteiger charge is 2.30. The van der Waals surface area contributed by atoms with Crippen LogP contribution in [-0.2, 0) is 16.0 Å². The van der Waals surface area contributed by atoms with Crippen LogP contribution in [0.3, 0.4) is 0 Å². The number of nitrogens with zero attached hydrogens (tertiary/aromatic N) is 1. The second-order valence-corrected chi connectivity index (χ2v) is 5.38. The molecule has 8 heteroatoms. The van der Waals surface area contributed by atoms with Crippen LogP contribution in [0.4, 0.5) is 25.0 Å². The Morgan fingerprint density at radius 3 is 2.60 bits per heavy atom. The molecule has 0 saturated heterocycles. The Morgan fingerprint density at radius 1 is 1.04 bits per heavy atom. The van der Waals surface area contributed by atoms with Crippen LogP contribution >= 0.6 is 0 Å². The van der Waals surface area contributed by atoms with Crippen LogP contribution in [0.1, 0.15) is 12.0 Å². The summed E-state index contributed by atoms with van der Waals surface area (Å²) >= 11 is 0. The summed E-state index contributed by atoms with van der Waals surface area (Å²) in [7, 11) is 0. The SMILES string of the molecule is O=C(Nc1cc(F)ccc1F)NN1C(=O)C(=O)CCc2ccccc21. The monoisotopic (exact) mass is 345 g/mol. The number of urea groups is 1. The summed E-state index contributed by atoms with van der Waals surface area (Å²) in [6.45, 7) is 0. The number of hydrazine groups is 1. The quantitative estimate of drug-likeness (QED) is 0.821. The van der Waals surface area contributed by atoms with E-state index in [9.17, 15) is 23.2 Å². The lowest BCUT2D eigenvalue weighted by Crippen LogP contribution is -2.50. The van der Waals surface area contributed by atoms with Crippen molar-refractivity contribution in [1.82, 2.24) is 5.43 Å². The number of fused-ring (bicyclic) bond motifs is 1. The van der Waals surface area contributed by atoms with Gasteiger partial charge in [0.15, 0.2) is 0 Å². The fourth-order valence-electron chi connectivity index (χ4n) is 2.49. The number of para-hydroxylation sites is 1. The molecular weight excluding hydrogens is 332 g/mol. The van der Waals surface area contributed by atoms with Gasteiger partial charge >= 0.3 is 11.9 Å². The van der Waals surface area contributed by atoms with Crippen molar-refractivity contribution in [3.63, 3.8) is 0 Å². The topological polar surface area (TPSA) is 78.5 Å². The Hall–Kier alpha value is -3.29. The molecule has 6 nitrogen and oxygen atoms in total. The van der Waals surface area contributed by atoms with Gasteiger partial charge in [-0.15, -0.1) is 0 Å². The Labute approximate surface area is 141 Å². The second kappa shape index (κ2) is 6.68. The van der Waals surface area contributed by atoms with Crippen molar-refractivity contribution in [3.8, 4) is 0 Å². The largest absolute Gasteiger partial charge is 0.338 e. The van der Waals surface area contributed by atoms with E-state index in [0.29, 0.717) is 17.7 Å². The number of anilines is 2. The summed E-state index contributed by atoms with van der Waals surface area (Å²) in [4.78, 5) is 36.2. The molecule has 3 amide bonds. The Morgan fingerprint density at radius 2 is 1.80 bits per heavy atom. The van der Waals surface area contributed by atoms with Crippen molar-refractivity contribution in [2.24, 2.45) is 0 Å². The van der Waals surface area contributed by atoms with E-state index < -0.39 is 29.4 Å². The minimum atomic E-state index is -0.984. The smallest absolute Gasteiger partial charge is 0.304 e. The molecule has 2 N–H and O–H groups in total. The standard InChI is InChI=1S/C17H13F2N3O3/c18-11-6-7-12(19)13(9-11)20-17(25)21-22-14-4-2-1-3-10(14)5-8-15(23)16(22)24/h1-4,6-7,9H,5,8H2,(H2,20,21,25). The van der Waals surface area contributed by atoms with E-state index in [4.69, 9.17) is 0 Å². The Balaban J connectivity index is 1.85. The number of carbonyl (C=O) groups is 3. The number of hydrogen-bond acceptors (Lipinski definition) is 3.